The zero-order valence-electron chi connectivity index (χ0n) is 15.0. The minimum Gasteiger partial charge on any atom is -0.481 e. The average Bonchev–Trinajstić information content (AvgIpc) is 2.72. The van der Waals surface area contributed by atoms with E-state index in [0.29, 0.717) is 58.1 Å². The van der Waals surface area contributed by atoms with Gasteiger partial charge in [0.25, 0.3) is 5.91 Å². The Morgan fingerprint density at radius 2 is 1.74 bits per heavy atom. The molecule has 0 unspecified atom stereocenters. The fourth-order valence-electron chi connectivity index (χ4n) is 3.32. The van der Waals surface area contributed by atoms with Gasteiger partial charge in [-0.25, -0.2) is 9.97 Å². The predicted octanol–water partition coefficient (Wildman–Crippen LogP) is 0.329. The number of carbonyl (C=O) groups excluding carboxylic acids is 1. The van der Waals surface area contributed by atoms with Gasteiger partial charge in [0, 0.05) is 57.9 Å². The van der Waals surface area contributed by atoms with E-state index in [1.165, 1.54) is 0 Å². The molecule has 0 bridgehead atoms. The molecule has 0 aromatic carbocycles. The number of hydrogen-bond donors (Lipinski definition) is 1. The highest BCUT2D eigenvalue weighted by Crippen LogP contribution is 2.19. The molecule has 0 saturated carbocycles. The number of carboxylic acids is 1. The van der Waals surface area contributed by atoms with Crippen molar-refractivity contribution in [2.24, 2.45) is 5.92 Å². The number of likely N-dealkylation sites (tertiary alicyclic amines) is 1. The zero-order valence-corrected chi connectivity index (χ0v) is 15.0. The summed E-state index contributed by atoms with van der Waals surface area (Å²) in [6.45, 7) is 3.48. The third-order valence-corrected chi connectivity index (χ3v) is 4.94. The Kier molecular flexibility index (Phi) is 5.86. The first-order valence-corrected chi connectivity index (χ1v) is 8.98. The van der Waals surface area contributed by atoms with Gasteiger partial charge in [0.1, 0.15) is 11.6 Å². The molecule has 0 aliphatic carbocycles. The first kappa shape index (κ1) is 18.6. The van der Waals surface area contributed by atoms with Crippen molar-refractivity contribution >= 4 is 17.8 Å². The molecule has 1 N–H and O–H groups in total. The molecule has 1 aromatic rings. The Labute approximate surface area is 157 Å². The van der Waals surface area contributed by atoms with Gasteiger partial charge in [-0.05, 0) is 18.9 Å². The maximum Gasteiger partial charge on any atom is 0.306 e. The molecule has 2 aliphatic heterocycles. The molecule has 0 spiro atoms. The van der Waals surface area contributed by atoms with Gasteiger partial charge in [-0.15, -0.1) is 0 Å². The fraction of sp³-hybridized carbons (Fsp3) is 0.500. The van der Waals surface area contributed by atoms with E-state index in [0.717, 1.165) is 0 Å². The van der Waals surface area contributed by atoms with Gasteiger partial charge in [-0.3, -0.25) is 9.59 Å². The number of aromatic nitrogens is 2. The third kappa shape index (κ3) is 4.53. The van der Waals surface area contributed by atoms with E-state index in [2.05, 4.69) is 14.9 Å². The Bertz CT molecular complexity index is 744. The number of carbonyl (C=O) groups is 2. The van der Waals surface area contributed by atoms with E-state index in [1.807, 2.05) is 11.0 Å². The molecule has 3 heterocycles. The normalized spacial score (nSPS) is 18.9. The van der Waals surface area contributed by atoms with Crippen molar-refractivity contribution in [2.45, 2.75) is 12.8 Å². The molecule has 3 rings (SSSR count). The fourth-order valence-corrected chi connectivity index (χ4v) is 3.32. The number of piperazine rings is 1. The van der Waals surface area contributed by atoms with Crippen LogP contribution in [0.5, 0.6) is 0 Å². The largest absolute Gasteiger partial charge is 0.481 e. The molecule has 142 valence electrons. The summed E-state index contributed by atoms with van der Waals surface area (Å²) in [4.78, 5) is 37.7. The van der Waals surface area contributed by atoms with Gasteiger partial charge < -0.3 is 19.8 Å². The smallest absolute Gasteiger partial charge is 0.306 e. The van der Waals surface area contributed by atoms with Gasteiger partial charge in [-0.2, -0.15) is 5.26 Å². The number of anilines is 1. The molecule has 0 atom stereocenters. The van der Waals surface area contributed by atoms with Gasteiger partial charge in [0.2, 0.25) is 5.95 Å². The highest BCUT2D eigenvalue weighted by atomic mass is 16.4. The van der Waals surface area contributed by atoms with Crippen LogP contribution in [0.25, 0.3) is 0 Å². The summed E-state index contributed by atoms with van der Waals surface area (Å²) in [6, 6.07) is 3.77. The van der Waals surface area contributed by atoms with Crippen LogP contribution in [0.3, 0.4) is 0 Å². The standard InChI is InChI=1S/C18H22N6O3/c19-12-15(16(25)23-6-2-14(3-7-23)17(26)27)13-22-8-10-24(11-9-22)18-20-4-1-5-21-18/h1,4-5,13-14H,2-3,6-11H2,(H,26,27)/b15-13-. The van der Waals surface area contributed by atoms with E-state index in [4.69, 9.17) is 5.11 Å². The van der Waals surface area contributed by atoms with Crippen LogP contribution < -0.4 is 4.90 Å². The summed E-state index contributed by atoms with van der Waals surface area (Å²) in [5.41, 5.74) is 0.0909. The zero-order chi connectivity index (χ0) is 19.2. The molecular formula is C18H22N6O3. The number of aliphatic carboxylic acids is 1. The molecular weight excluding hydrogens is 348 g/mol. The molecule has 1 aromatic heterocycles. The quantitative estimate of drug-likeness (QED) is 0.596. The van der Waals surface area contributed by atoms with Crippen molar-refractivity contribution in [2.75, 3.05) is 44.2 Å². The molecule has 2 aliphatic rings. The van der Waals surface area contributed by atoms with E-state index in [9.17, 15) is 14.9 Å². The minimum absolute atomic E-state index is 0.0909. The second-order valence-electron chi connectivity index (χ2n) is 6.63. The van der Waals surface area contributed by atoms with Gasteiger partial charge in [0.05, 0.1) is 5.92 Å². The van der Waals surface area contributed by atoms with Crippen molar-refractivity contribution in [3.63, 3.8) is 0 Å². The SMILES string of the molecule is N#C/C(=C/N1CCN(c2ncccn2)CC1)C(=O)N1CCC(C(=O)O)CC1. The van der Waals surface area contributed by atoms with Crippen molar-refractivity contribution in [1.29, 1.82) is 5.26 Å². The van der Waals surface area contributed by atoms with Crippen LogP contribution in [0.15, 0.2) is 30.2 Å². The maximum atomic E-state index is 12.6. The Morgan fingerprint density at radius 3 is 2.30 bits per heavy atom. The number of carboxylic acid groups (broad SMARTS) is 1. The molecule has 2 saturated heterocycles. The monoisotopic (exact) mass is 370 g/mol. The van der Waals surface area contributed by atoms with Crippen molar-refractivity contribution in [3.8, 4) is 6.07 Å². The summed E-state index contributed by atoms with van der Waals surface area (Å²) in [5.74, 6) is -0.871. The lowest BCUT2D eigenvalue weighted by Crippen LogP contribution is -2.45. The van der Waals surface area contributed by atoms with Crippen molar-refractivity contribution in [1.82, 2.24) is 19.8 Å². The lowest BCUT2D eigenvalue weighted by atomic mass is 9.97. The molecule has 1 amide bonds. The summed E-state index contributed by atoms with van der Waals surface area (Å²) in [6.07, 6.45) is 5.88. The third-order valence-electron chi connectivity index (χ3n) is 4.94. The predicted molar refractivity (Wildman–Crippen MR) is 96.5 cm³/mol. The Morgan fingerprint density at radius 1 is 1.11 bits per heavy atom. The van der Waals surface area contributed by atoms with E-state index < -0.39 is 11.9 Å². The lowest BCUT2D eigenvalue weighted by molar-refractivity contribution is -0.145. The van der Waals surface area contributed by atoms with Gasteiger partial charge in [0.15, 0.2) is 0 Å². The van der Waals surface area contributed by atoms with Crippen LogP contribution in [0, 0.1) is 17.2 Å². The summed E-state index contributed by atoms with van der Waals surface area (Å²) in [5, 5.41) is 18.5. The molecule has 2 fully saturated rings. The first-order chi connectivity index (χ1) is 13.1. The van der Waals surface area contributed by atoms with Crippen molar-refractivity contribution in [3.05, 3.63) is 30.2 Å². The van der Waals surface area contributed by atoms with E-state index in [1.54, 1.807) is 29.6 Å². The lowest BCUT2D eigenvalue weighted by Gasteiger charge is -2.34. The average molecular weight is 370 g/mol. The summed E-state index contributed by atoms with van der Waals surface area (Å²) >= 11 is 0. The van der Waals surface area contributed by atoms with Gasteiger partial charge in [-0.1, -0.05) is 0 Å². The highest BCUT2D eigenvalue weighted by molar-refractivity contribution is 5.97. The molecule has 27 heavy (non-hydrogen) atoms. The van der Waals surface area contributed by atoms with Crippen LogP contribution in [0.4, 0.5) is 5.95 Å². The molecule has 9 heteroatoms. The summed E-state index contributed by atoms with van der Waals surface area (Å²) in [7, 11) is 0. The van der Waals surface area contributed by atoms with Crippen molar-refractivity contribution < 1.29 is 14.7 Å². The Hall–Kier alpha value is -3.15. The summed E-state index contributed by atoms with van der Waals surface area (Å²) < 4.78 is 0. The number of piperidine rings is 1. The van der Waals surface area contributed by atoms with E-state index >= 15 is 0 Å². The van der Waals surface area contributed by atoms with E-state index in [-0.39, 0.29) is 11.5 Å². The number of rotatable bonds is 4. The second kappa shape index (κ2) is 8.49. The number of nitriles is 1. The van der Waals surface area contributed by atoms with Crippen LogP contribution >= 0.6 is 0 Å². The molecule has 9 nitrogen and oxygen atoms in total. The van der Waals surface area contributed by atoms with Crippen LogP contribution in [0.1, 0.15) is 12.8 Å². The highest BCUT2D eigenvalue weighted by Gasteiger charge is 2.29. The second-order valence-corrected chi connectivity index (χ2v) is 6.63. The van der Waals surface area contributed by atoms with Crippen LogP contribution in [-0.2, 0) is 9.59 Å². The molecule has 0 radical (unpaired) electrons. The minimum atomic E-state index is -0.821. The Balaban J connectivity index is 1.56. The first-order valence-electron chi connectivity index (χ1n) is 8.98. The number of nitrogens with zero attached hydrogens (tertiary/aromatic N) is 6. The maximum absolute atomic E-state index is 12.6. The number of amides is 1. The van der Waals surface area contributed by atoms with Crippen LogP contribution in [-0.4, -0.2) is 76.0 Å². The number of hydrogen-bond acceptors (Lipinski definition) is 7. The van der Waals surface area contributed by atoms with Gasteiger partial charge >= 0.3 is 5.97 Å². The van der Waals surface area contributed by atoms with Crippen LogP contribution in [0.2, 0.25) is 0 Å². The topological polar surface area (TPSA) is 114 Å².